The molecule has 0 fully saturated rings. The molecule has 0 amide bonds. The lowest BCUT2D eigenvalue weighted by molar-refractivity contribution is -0.159. The number of aliphatic imine (C=N–C) groups is 1. The van der Waals surface area contributed by atoms with Gasteiger partial charge in [0.25, 0.3) is 0 Å². The summed E-state index contributed by atoms with van der Waals surface area (Å²) in [4.78, 5) is 26.1. The molecule has 0 bridgehead atoms. The fraction of sp³-hybridized carbons (Fsp3) is 0.300. The minimum atomic E-state index is -0.614. The Morgan fingerprint density at radius 2 is 2.12 bits per heavy atom. The summed E-state index contributed by atoms with van der Waals surface area (Å²) in [6.07, 6.45) is 4.98. The standard InChI is InChI=1S/C10H9N3O3/c1-6(14)16-10(15)8-2-7-4-12-13-5-9(7)11-3-8/h3-5,8H,2H2,1H3. The Hall–Kier alpha value is -2.11. The van der Waals surface area contributed by atoms with Crippen molar-refractivity contribution in [3.8, 4) is 0 Å². The van der Waals surface area contributed by atoms with Crippen LogP contribution in [-0.4, -0.2) is 28.4 Å². The van der Waals surface area contributed by atoms with Gasteiger partial charge in [0.15, 0.2) is 0 Å². The average Bonchev–Trinajstić information content (AvgIpc) is 2.27. The summed E-state index contributed by atoms with van der Waals surface area (Å²) in [6, 6.07) is 0. The van der Waals surface area contributed by atoms with Crippen LogP contribution in [0.2, 0.25) is 0 Å². The minimum absolute atomic E-state index is 0.431. The van der Waals surface area contributed by atoms with Crippen molar-refractivity contribution in [1.29, 1.82) is 0 Å². The first-order valence-electron chi connectivity index (χ1n) is 4.73. The Morgan fingerprint density at radius 3 is 2.88 bits per heavy atom. The molecule has 1 aromatic heterocycles. The molecule has 82 valence electrons. The highest BCUT2D eigenvalue weighted by Crippen LogP contribution is 2.24. The van der Waals surface area contributed by atoms with E-state index in [4.69, 9.17) is 0 Å². The Bertz CT molecular complexity index is 470. The fourth-order valence-electron chi connectivity index (χ4n) is 1.44. The van der Waals surface area contributed by atoms with Crippen molar-refractivity contribution in [3.63, 3.8) is 0 Å². The van der Waals surface area contributed by atoms with Gasteiger partial charge in [0, 0.05) is 18.7 Å². The van der Waals surface area contributed by atoms with Gasteiger partial charge in [0.05, 0.1) is 24.0 Å². The second-order valence-electron chi connectivity index (χ2n) is 3.40. The predicted molar refractivity (Wildman–Crippen MR) is 54.2 cm³/mol. The second kappa shape index (κ2) is 4.18. The van der Waals surface area contributed by atoms with E-state index >= 15 is 0 Å². The van der Waals surface area contributed by atoms with Crippen LogP contribution in [0.5, 0.6) is 0 Å². The molecule has 2 heterocycles. The molecule has 0 spiro atoms. The molecule has 1 aliphatic rings. The highest BCUT2D eigenvalue weighted by Gasteiger charge is 2.24. The molecular weight excluding hydrogens is 210 g/mol. The number of hydrogen-bond donors (Lipinski definition) is 0. The van der Waals surface area contributed by atoms with Gasteiger partial charge in [0.2, 0.25) is 0 Å². The number of nitrogens with zero attached hydrogens (tertiary/aromatic N) is 3. The highest BCUT2D eigenvalue weighted by atomic mass is 16.6. The van der Waals surface area contributed by atoms with E-state index in [1.165, 1.54) is 19.3 Å². The van der Waals surface area contributed by atoms with Crippen LogP contribution in [0.1, 0.15) is 12.5 Å². The van der Waals surface area contributed by atoms with E-state index < -0.39 is 17.9 Å². The molecule has 0 aliphatic carbocycles. The van der Waals surface area contributed by atoms with Crippen LogP contribution in [0.3, 0.4) is 0 Å². The van der Waals surface area contributed by atoms with E-state index in [0.717, 1.165) is 5.56 Å². The molecule has 0 saturated heterocycles. The van der Waals surface area contributed by atoms with Crippen LogP contribution >= 0.6 is 0 Å². The lowest BCUT2D eigenvalue weighted by Gasteiger charge is -2.15. The second-order valence-corrected chi connectivity index (χ2v) is 3.40. The topological polar surface area (TPSA) is 81.5 Å². The normalized spacial score (nSPS) is 17.7. The maximum atomic E-state index is 11.4. The summed E-state index contributed by atoms with van der Waals surface area (Å²) in [5.74, 6) is -1.73. The lowest BCUT2D eigenvalue weighted by atomic mass is 9.98. The zero-order valence-corrected chi connectivity index (χ0v) is 8.58. The van der Waals surface area contributed by atoms with Crippen LogP contribution < -0.4 is 0 Å². The summed E-state index contributed by atoms with van der Waals surface area (Å²) < 4.78 is 4.50. The third kappa shape index (κ3) is 2.10. The van der Waals surface area contributed by atoms with Gasteiger partial charge in [-0.15, -0.1) is 0 Å². The molecule has 0 saturated carbocycles. The summed E-state index contributed by atoms with van der Waals surface area (Å²) >= 11 is 0. The smallest absolute Gasteiger partial charge is 0.322 e. The van der Waals surface area contributed by atoms with Gasteiger partial charge in [-0.2, -0.15) is 10.2 Å². The van der Waals surface area contributed by atoms with Crippen LogP contribution in [0, 0.1) is 5.92 Å². The highest BCUT2D eigenvalue weighted by molar-refractivity contribution is 5.97. The van der Waals surface area contributed by atoms with Crippen molar-refractivity contribution >= 4 is 23.8 Å². The molecule has 1 aromatic rings. The zero-order chi connectivity index (χ0) is 11.5. The summed E-state index contributed by atoms with van der Waals surface area (Å²) in [5, 5.41) is 7.39. The van der Waals surface area contributed by atoms with Crippen LogP contribution in [0.4, 0.5) is 5.69 Å². The van der Waals surface area contributed by atoms with Gasteiger partial charge in [-0.05, 0) is 6.42 Å². The molecule has 0 aromatic carbocycles. The fourth-order valence-corrected chi connectivity index (χ4v) is 1.44. The van der Waals surface area contributed by atoms with Gasteiger partial charge in [-0.25, -0.2) is 0 Å². The molecule has 1 unspecified atom stereocenters. The molecule has 2 rings (SSSR count). The Balaban J connectivity index is 2.14. The number of aromatic nitrogens is 2. The average molecular weight is 219 g/mol. The van der Waals surface area contributed by atoms with Gasteiger partial charge in [0.1, 0.15) is 0 Å². The maximum Gasteiger partial charge on any atom is 0.322 e. The van der Waals surface area contributed by atoms with E-state index in [2.05, 4.69) is 19.9 Å². The number of hydrogen-bond acceptors (Lipinski definition) is 6. The van der Waals surface area contributed by atoms with Crippen LogP contribution in [0.25, 0.3) is 0 Å². The van der Waals surface area contributed by atoms with Crippen molar-refractivity contribution in [2.75, 3.05) is 0 Å². The van der Waals surface area contributed by atoms with Crippen molar-refractivity contribution in [1.82, 2.24) is 10.2 Å². The van der Waals surface area contributed by atoms with Gasteiger partial charge < -0.3 is 4.74 Å². The van der Waals surface area contributed by atoms with Crippen molar-refractivity contribution in [2.45, 2.75) is 13.3 Å². The summed E-state index contributed by atoms with van der Waals surface area (Å²) in [7, 11) is 0. The van der Waals surface area contributed by atoms with Gasteiger partial charge in [-0.3, -0.25) is 14.6 Å². The number of esters is 2. The third-order valence-electron chi connectivity index (χ3n) is 2.17. The van der Waals surface area contributed by atoms with Crippen molar-refractivity contribution in [3.05, 3.63) is 18.0 Å². The molecule has 1 aliphatic heterocycles. The first-order chi connectivity index (χ1) is 7.66. The zero-order valence-electron chi connectivity index (χ0n) is 8.58. The van der Waals surface area contributed by atoms with Crippen molar-refractivity contribution in [2.24, 2.45) is 10.9 Å². The first kappa shape index (κ1) is 10.4. The number of rotatable bonds is 1. The first-order valence-corrected chi connectivity index (χ1v) is 4.73. The summed E-state index contributed by atoms with van der Waals surface area (Å²) in [6.45, 7) is 1.19. The van der Waals surface area contributed by atoms with E-state index in [9.17, 15) is 9.59 Å². The van der Waals surface area contributed by atoms with E-state index in [1.54, 1.807) is 6.20 Å². The molecule has 1 atom stereocenters. The van der Waals surface area contributed by atoms with Crippen molar-refractivity contribution < 1.29 is 14.3 Å². The molecule has 6 nitrogen and oxygen atoms in total. The van der Waals surface area contributed by atoms with Crippen LogP contribution in [0.15, 0.2) is 17.4 Å². The molecular formula is C10H9N3O3. The van der Waals surface area contributed by atoms with E-state index in [-0.39, 0.29) is 0 Å². The Labute approximate surface area is 91.4 Å². The number of fused-ring (bicyclic) bond motifs is 1. The van der Waals surface area contributed by atoms with Gasteiger partial charge >= 0.3 is 11.9 Å². The number of carbonyl (C=O) groups is 2. The third-order valence-corrected chi connectivity index (χ3v) is 2.17. The quantitative estimate of drug-likeness (QED) is 0.505. The lowest BCUT2D eigenvalue weighted by Crippen LogP contribution is -2.25. The largest absolute Gasteiger partial charge is 0.393 e. The molecule has 6 heteroatoms. The minimum Gasteiger partial charge on any atom is -0.393 e. The molecule has 0 radical (unpaired) electrons. The molecule has 0 N–H and O–H groups in total. The predicted octanol–water partition coefficient (Wildman–Crippen LogP) is 0.441. The van der Waals surface area contributed by atoms with Crippen LogP contribution in [-0.2, 0) is 20.7 Å². The Kier molecular flexibility index (Phi) is 2.72. The maximum absolute atomic E-state index is 11.4. The molecule has 16 heavy (non-hydrogen) atoms. The Morgan fingerprint density at radius 1 is 1.38 bits per heavy atom. The summed E-state index contributed by atoms with van der Waals surface area (Å²) in [5.41, 5.74) is 1.52. The monoisotopic (exact) mass is 219 g/mol. The number of ether oxygens (including phenoxy) is 1. The van der Waals surface area contributed by atoms with E-state index in [1.807, 2.05) is 0 Å². The number of carbonyl (C=O) groups excluding carboxylic acids is 2. The van der Waals surface area contributed by atoms with E-state index in [0.29, 0.717) is 12.1 Å². The van der Waals surface area contributed by atoms with Gasteiger partial charge in [-0.1, -0.05) is 0 Å². The SMILES string of the molecule is CC(=O)OC(=O)C1C=Nc2cnncc2C1.